The summed E-state index contributed by atoms with van der Waals surface area (Å²) in [6.45, 7) is 25.9. The summed E-state index contributed by atoms with van der Waals surface area (Å²) in [7, 11) is 1.63. The molecule has 0 aliphatic carbocycles. The predicted molar refractivity (Wildman–Crippen MR) is 237 cm³/mol. The minimum Gasteiger partial charge on any atom is -0.497 e. The van der Waals surface area contributed by atoms with E-state index < -0.39 is 0 Å². The number of hydrogen-bond donors (Lipinski definition) is 2. The molecule has 6 aromatic rings. The van der Waals surface area contributed by atoms with Crippen LogP contribution in [0.5, 0.6) is 5.75 Å². The smallest absolute Gasteiger partial charge is 0.251 e. The fourth-order valence-electron chi connectivity index (χ4n) is 6.31. The normalized spacial score (nSPS) is 12.1. The second-order valence-corrected chi connectivity index (χ2v) is 19.0. The molecule has 2 amide bonds. The number of aromatic nitrogens is 6. The van der Waals surface area contributed by atoms with Gasteiger partial charge in [0.05, 0.1) is 18.5 Å². The van der Waals surface area contributed by atoms with Gasteiger partial charge in [-0.05, 0) is 121 Å². The van der Waals surface area contributed by atoms with Crippen molar-refractivity contribution in [3.8, 4) is 39.9 Å². The molecule has 11 nitrogen and oxygen atoms in total. The maximum absolute atomic E-state index is 13.8. The number of benzene rings is 2. The van der Waals surface area contributed by atoms with Crippen LogP contribution >= 0.6 is 0 Å². The van der Waals surface area contributed by atoms with E-state index in [1.54, 1.807) is 50.7 Å². The Labute approximate surface area is 353 Å². The molecule has 0 fully saturated rings. The van der Waals surface area contributed by atoms with Crippen LogP contribution in [0.25, 0.3) is 34.2 Å². The van der Waals surface area contributed by atoms with Crippen LogP contribution in [0.3, 0.4) is 0 Å². The quantitative estimate of drug-likeness (QED) is 0.164. The SMILES string of the molecule is COc1ccc(-c2cc(C(=O)NC(C)(C)C)cc(-n3ccnc3C(C)(C)C)n2)cc1.Cc1cc(-c2cc(C(=O)NC(C)(C)C)cc(-n3ccnc3C(C)(C)C)n2)ccc1F. The van der Waals surface area contributed by atoms with E-state index in [0.29, 0.717) is 39.7 Å². The van der Waals surface area contributed by atoms with Gasteiger partial charge in [-0.15, -0.1) is 0 Å². The van der Waals surface area contributed by atoms with E-state index in [4.69, 9.17) is 14.7 Å². The summed E-state index contributed by atoms with van der Waals surface area (Å²) >= 11 is 0. The van der Waals surface area contributed by atoms with Crippen LogP contribution in [0.4, 0.5) is 4.39 Å². The first-order valence-electron chi connectivity index (χ1n) is 20.0. The molecule has 60 heavy (non-hydrogen) atoms. The molecule has 0 saturated heterocycles. The van der Waals surface area contributed by atoms with Crippen LogP contribution in [0.1, 0.15) is 121 Å². The number of carbonyl (C=O) groups excluding carboxylic acids is 2. The summed E-state index contributed by atoms with van der Waals surface area (Å²) in [4.78, 5) is 44.6. The molecule has 2 N–H and O–H groups in total. The first kappa shape index (κ1) is 44.9. The molecule has 0 aliphatic rings. The lowest BCUT2D eigenvalue weighted by Gasteiger charge is -2.22. The molecule has 0 radical (unpaired) electrons. The highest BCUT2D eigenvalue weighted by molar-refractivity contribution is 5.97. The summed E-state index contributed by atoms with van der Waals surface area (Å²) in [6, 6.07) is 19.6. The Kier molecular flexibility index (Phi) is 12.9. The first-order chi connectivity index (χ1) is 27.8. The molecule has 12 heteroatoms. The third kappa shape index (κ3) is 11.3. The van der Waals surface area contributed by atoms with Crippen LogP contribution in [-0.2, 0) is 10.8 Å². The average molecular weight is 815 g/mol. The zero-order chi connectivity index (χ0) is 44.4. The molecule has 0 unspecified atom stereocenters. The van der Waals surface area contributed by atoms with Gasteiger partial charge in [-0.2, -0.15) is 0 Å². The van der Waals surface area contributed by atoms with Gasteiger partial charge in [0.1, 0.15) is 34.9 Å². The van der Waals surface area contributed by atoms with Gasteiger partial charge in [0.2, 0.25) is 0 Å². The largest absolute Gasteiger partial charge is 0.497 e. The van der Waals surface area contributed by atoms with Crippen LogP contribution < -0.4 is 15.4 Å². The van der Waals surface area contributed by atoms with E-state index in [1.807, 2.05) is 99.5 Å². The Morgan fingerprint density at radius 3 is 1.40 bits per heavy atom. The number of aryl methyl sites for hydroxylation is 1. The van der Waals surface area contributed by atoms with E-state index in [2.05, 4.69) is 62.1 Å². The van der Waals surface area contributed by atoms with Gasteiger partial charge in [-0.1, -0.05) is 41.5 Å². The van der Waals surface area contributed by atoms with E-state index in [1.165, 1.54) is 6.07 Å². The number of hydrogen-bond acceptors (Lipinski definition) is 7. The molecule has 0 saturated carbocycles. The number of nitrogens with zero attached hydrogens (tertiary/aromatic N) is 6. The fourth-order valence-corrected chi connectivity index (χ4v) is 6.31. The highest BCUT2D eigenvalue weighted by Gasteiger charge is 2.25. The highest BCUT2D eigenvalue weighted by Crippen LogP contribution is 2.29. The number of ether oxygens (including phenoxy) is 1. The van der Waals surface area contributed by atoms with E-state index in [9.17, 15) is 14.0 Å². The molecule has 316 valence electrons. The minimum atomic E-state index is -0.376. The molecular formula is C48H59FN8O3. The molecule has 0 aliphatic heterocycles. The van der Waals surface area contributed by atoms with Gasteiger partial charge in [0.25, 0.3) is 11.8 Å². The number of pyridine rings is 2. The molecule has 4 heterocycles. The summed E-state index contributed by atoms with van der Waals surface area (Å²) in [5, 5.41) is 6.04. The summed E-state index contributed by atoms with van der Waals surface area (Å²) in [5.74, 6) is 3.13. The van der Waals surface area contributed by atoms with Crippen molar-refractivity contribution in [2.45, 2.75) is 112 Å². The minimum absolute atomic E-state index is 0.140. The number of methoxy groups -OCH3 is 1. The van der Waals surface area contributed by atoms with Gasteiger partial charge in [-0.3, -0.25) is 18.7 Å². The Balaban J connectivity index is 0.000000228. The lowest BCUT2D eigenvalue weighted by Crippen LogP contribution is -2.40. The lowest BCUT2D eigenvalue weighted by molar-refractivity contribution is 0.0910. The van der Waals surface area contributed by atoms with Crippen molar-refractivity contribution in [3.63, 3.8) is 0 Å². The third-order valence-corrected chi connectivity index (χ3v) is 9.08. The first-order valence-corrected chi connectivity index (χ1v) is 20.0. The Morgan fingerprint density at radius 1 is 0.600 bits per heavy atom. The van der Waals surface area contributed by atoms with Crippen molar-refractivity contribution < 1.29 is 18.7 Å². The maximum Gasteiger partial charge on any atom is 0.251 e. The van der Waals surface area contributed by atoms with Crippen LogP contribution in [-0.4, -0.2) is 59.1 Å². The number of carbonyl (C=O) groups is 2. The second kappa shape index (κ2) is 17.2. The maximum atomic E-state index is 13.8. The predicted octanol–water partition coefficient (Wildman–Crippen LogP) is 9.98. The number of amides is 2. The van der Waals surface area contributed by atoms with Gasteiger partial charge >= 0.3 is 0 Å². The number of imidazole rings is 2. The van der Waals surface area contributed by atoms with Crippen molar-refractivity contribution in [3.05, 3.63) is 126 Å². The third-order valence-electron chi connectivity index (χ3n) is 9.08. The monoisotopic (exact) mass is 814 g/mol. The van der Waals surface area contributed by atoms with Crippen LogP contribution in [0.2, 0.25) is 0 Å². The zero-order valence-electron chi connectivity index (χ0n) is 37.4. The molecular weight excluding hydrogens is 756 g/mol. The Bertz CT molecular complexity index is 2470. The summed E-state index contributed by atoms with van der Waals surface area (Å²) < 4.78 is 22.9. The molecule has 6 rings (SSSR count). The fraction of sp³-hybridized carbons (Fsp3) is 0.375. The van der Waals surface area contributed by atoms with E-state index in [0.717, 1.165) is 28.5 Å². The van der Waals surface area contributed by atoms with Crippen LogP contribution in [0, 0.1) is 12.7 Å². The van der Waals surface area contributed by atoms with Gasteiger partial charge in [0.15, 0.2) is 0 Å². The number of nitrogens with one attached hydrogen (secondary N) is 2. The van der Waals surface area contributed by atoms with Crippen molar-refractivity contribution in [2.75, 3.05) is 7.11 Å². The topological polar surface area (TPSA) is 129 Å². The van der Waals surface area contributed by atoms with Gasteiger partial charge < -0.3 is 15.4 Å². The number of rotatable bonds is 7. The molecule has 0 atom stereocenters. The van der Waals surface area contributed by atoms with E-state index >= 15 is 0 Å². The Hall–Kier alpha value is -6.17. The average Bonchev–Trinajstić information content (AvgIpc) is 3.86. The van der Waals surface area contributed by atoms with Crippen molar-refractivity contribution >= 4 is 11.8 Å². The van der Waals surface area contributed by atoms with E-state index in [-0.39, 0.29) is 39.5 Å². The molecule has 0 spiro atoms. The molecule has 0 bridgehead atoms. The van der Waals surface area contributed by atoms with Gasteiger partial charge in [-0.25, -0.2) is 24.3 Å². The zero-order valence-corrected chi connectivity index (χ0v) is 37.4. The van der Waals surface area contributed by atoms with Crippen molar-refractivity contribution in [1.29, 1.82) is 0 Å². The van der Waals surface area contributed by atoms with Crippen molar-refractivity contribution in [1.82, 2.24) is 39.7 Å². The molecule has 2 aromatic carbocycles. The van der Waals surface area contributed by atoms with Crippen LogP contribution in [0.15, 0.2) is 91.5 Å². The summed E-state index contributed by atoms with van der Waals surface area (Å²) in [6.07, 6.45) is 7.21. The second-order valence-electron chi connectivity index (χ2n) is 19.0. The summed E-state index contributed by atoms with van der Waals surface area (Å²) in [5.41, 5.74) is 3.43. The highest BCUT2D eigenvalue weighted by atomic mass is 19.1. The molecule has 4 aromatic heterocycles. The Morgan fingerprint density at radius 2 is 1.02 bits per heavy atom. The lowest BCUT2D eigenvalue weighted by atomic mass is 9.95. The number of halogens is 1. The standard InChI is InChI=1S/C24H29FN4O.C24H30N4O2/c1-15-12-16(8-9-18(15)25)19-13-17(21(30)28-24(5,6)7)14-20(27-19)29-11-10-26-22(29)23(2,3)4;1-23(2,3)22-25-12-13-28(22)20-15-17(21(29)27-24(4,5)6)14-19(26-20)16-8-10-18(30-7)11-9-16/h8-14H,1-7H3,(H,28,30);8-15H,1-7H3,(H,27,29). The van der Waals surface area contributed by atoms with Gasteiger partial charge in [0, 0.05) is 68.9 Å². The van der Waals surface area contributed by atoms with Crippen molar-refractivity contribution in [2.24, 2.45) is 0 Å².